The molecule has 15 heavy (non-hydrogen) atoms. The smallest absolute Gasteiger partial charge is 0.193 e. The summed E-state index contributed by atoms with van der Waals surface area (Å²) in [6.07, 6.45) is 0. The van der Waals surface area contributed by atoms with Gasteiger partial charge in [-0.15, -0.1) is 11.6 Å². The Bertz CT molecular complexity index is 535. The van der Waals surface area contributed by atoms with Crippen molar-refractivity contribution in [3.05, 3.63) is 29.8 Å². The first-order valence-corrected chi connectivity index (χ1v) is 6.41. The molecule has 1 heterocycles. The Morgan fingerprint density at radius 3 is 2.47 bits per heavy atom. The number of hydrogen-bond acceptors (Lipinski definition) is 3. The predicted octanol–water partition coefficient (Wildman–Crippen LogP) is 1.65. The molecule has 5 heteroatoms. The first-order chi connectivity index (χ1) is 6.95. The molecule has 0 saturated heterocycles. The fourth-order valence-electron chi connectivity index (χ4n) is 1.67. The Balaban J connectivity index is 2.83. The number of alkyl halides is 1. The standard InChI is InChI=1S/C10H9ClO3S/c1-10(6-11)9(12)7-4-2-3-5-8(7)15(10,13)14/h2-5H,6H2,1H3. The van der Waals surface area contributed by atoms with Crippen LogP contribution < -0.4 is 0 Å². The number of fused-ring (bicyclic) bond motifs is 1. The van der Waals surface area contributed by atoms with Gasteiger partial charge in [0, 0.05) is 11.4 Å². The fourth-order valence-corrected chi connectivity index (χ4v) is 3.91. The second-order valence-corrected chi connectivity index (χ2v) is 6.31. The Hall–Kier alpha value is -0.870. The fraction of sp³-hybridized carbons (Fsp3) is 0.300. The zero-order chi connectivity index (χ0) is 11.3. The van der Waals surface area contributed by atoms with Gasteiger partial charge in [-0.2, -0.15) is 0 Å². The molecule has 0 fully saturated rings. The van der Waals surface area contributed by atoms with E-state index in [1.165, 1.54) is 19.1 Å². The van der Waals surface area contributed by atoms with Crippen LogP contribution in [0.15, 0.2) is 29.2 Å². The van der Waals surface area contributed by atoms with Gasteiger partial charge in [0.1, 0.15) is 0 Å². The molecule has 2 rings (SSSR count). The third-order valence-electron chi connectivity index (χ3n) is 2.75. The van der Waals surface area contributed by atoms with Gasteiger partial charge in [-0.3, -0.25) is 4.79 Å². The first-order valence-electron chi connectivity index (χ1n) is 4.39. The molecule has 1 unspecified atom stereocenters. The third-order valence-corrected chi connectivity index (χ3v) is 5.89. The summed E-state index contributed by atoms with van der Waals surface area (Å²) in [7, 11) is -3.63. The number of carbonyl (C=O) groups is 1. The Morgan fingerprint density at radius 1 is 1.33 bits per heavy atom. The van der Waals surface area contributed by atoms with Gasteiger partial charge in [0.05, 0.1) is 4.90 Å². The second-order valence-electron chi connectivity index (χ2n) is 3.69. The maximum Gasteiger partial charge on any atom is 0.193 e. The van der Waals surface area contributed by atoms with E-state index in [2.05, 4.69) is 0 Å². The van der Waals surface area contributed by atoms with Crippen LogP contribution in [0.4, 0.5) is 0 Å². The van der Waals surface area contributed by atoms with E-state index in [1.807, 2.05) is 0 Å². The summed E-state index contributed by atoms with van der Waals surface area (Å²) in [5.41, 5.74) is 0.251. The summed E-state index contributed by atoms with van der Waals surface area (Å²) in [5, 5.41) is 0. The number of benzene rings is 1. The molecule has 0 radical (unpaired) electrons. The highest BCUT2D eigenvalue weighted by Gasteiger charge is 2.54. The highest BCUT2D eigenvalue weighted by Crippen LogP contribution is 2.39. The summed E-state index contributed by atoms with van der Waals surface area (Å²) in [6, 6.07) is 6.21. The van der Waals surface area contributed by atoms with E-state index in [4.69, 9.17) is 11.6 Å². The second kappa shape index (κ2) is 3.06. The highest BCUT2D eigenvalue weighted by atomic mass is 35.5. The maximum absolute atomic E-state index is 12.0. The lowest BCUT2D eigenvalue weighted by Gasteiger charge is -2.16. The summed E-state index contributed by atoms with van der Waals surface area (Å²) >= 11 is 5.62. The summed E-state index contributed by atoms with van der Waals surface area (Å²) in [5.74, 6) is -0.629. The van der Waals surface area contributed by atoms with Crippen molar-refractivity contribution >= 4 is 27.2 Å². The lowest BCUT2D eigenvalue weighted by molar-refractivity contribution is 0.0960. The van der Waals surface area contributed by atoms with Crippen molar-refractivity contribution in [1.29, 1.82) is 0 Å². The van der Waals surface area contributed by atoms with E-state index < -0.39 is 20.4 Å². The molecule has 0 aromatic heterocycles. The topological polar surface area (TPSA) is 51.2 Å². The molecule has 0 saturated carbocycles. The minimum Gasteiger partial charge on any atom is -0.292 e. The van der Waals surface area contributed by atoms with Crippen molar-refractivity contribution in [3.8, 4) is 0 Å². The van der Waals surface area contributed by atoms with Gasteiger partial charge in [-0.25, -0.2) is 8.42 Å². The minimum atomic E-state index is -3.63. The molecule has 0 bridgehead atoms. The summed E-state index contributed by atoms with van der Waals surface area (Å²) in [4.78, 5) is 12.0. The number of rotatable bonds is 1. The van der Waals surface area contributed by atoms with E-state index in [0.29, 0.717) is 0 Å². The van der Waals surface area contributed by atoms with Crippen LogP contribution in [0.2, 0.25) is 0 Å². The van der Waals surface area contributed by atoms with Crippen LogP contribution in [-0.2, 0) is 9.84 Å². The molecule has 1 aliphatic heterocycles. The van der Waals surface area contributed by atoms with Gasteiger partial charge in [-0.05, 0) is 13.0 Å². The van der Waals surface area contributed by atoms with Crippen molar-refractivity contribution in [1.82, 2.24) is 0 Å². The van der Waals surface area contributed by atoms with E-state index >= 15 is 0 Å². The van der Waals surface area contributed by atoms with Crippen LogP contribution in [0.25, 0.3) is 0 Å². The number of Topliss-reactive ketones (excluding diaryl/α,β-unsaturated/α-hetero) is 1. The van der Waals surface area contributed by atoms with Gasteiger partial charge in [-0.1, -0.05) is 18.2 Å². The van der Waals surface area contributed by atoms with E-state index in [1.54, 1.807) is 12.1 Å². The van der Waals surface area contributed by atoms with Crippen molar-refractivity contribution < 1.29 is 13.2 Å². The Kier molecular flexibility index (Phi) is 2.17. The van der Waals surface area contributed by atoms with Crippen LogP contribution in [0.1, 0.15) is 17.3 Å². The summed E-state index contributed by atoms with van der Waals surface area (Å²) in [6.45, 7) is 1.37. The zero-order valence-electron chi connectivity index (χ0n) is 8.03. The molecule has 0 spiro atoms. The van der Waals surface area contributed by atoms with Gasteiger partial charge in [0.2, 0.25) is 0 Å². The van der Waals surface area contributed by atoms with Crippen LogP contribution in [0, 0.1) is 0 Å². The molecule has 0 amide bonds. The molecule has 0 N–H and O–H groups in total. The van der Waals surface area contributed by atoms with Crippen LogP contribution in [0.3, 0.4) is 0 Å². The Labute approximate surface area is 93.0 Å². The van der Waals surface area contributed by atoms with Crippen LogP contribution in [-0.4, -0.2) is 24.8 Å². The van der Waals surface area contributed by atoms with Crippen molar-refractivity contribution in [2.75, 3.05) is 5.88 Å². The van der Waals surface area contributed by atoms with Crippen molar-refractivity contribution in [3.63, 3.8) is 0 Å². The number of sulfone groups is 1. The molecule has 80 valence electrons. The molecule has 1 atom stereocenters. The van der Waals surface area contributed by atoms with Gasteiger partial charge >= 0.3 is 0 Å². The molecule has 1 aliphatic rings. The SMILES string of the molecule is CC1(CCl)C(=O)c2ccccc2S1(=O)=O. The lowest BCUT2D eigenvalue weighted by atomic mass is 10.0. The average Bonchev–Trinajstić information content (AvgIpc) is 2.40. The zero-order valence-corrected chi connectivity index (χ0v) is 9.60. The molecular weight excluding hydrogens is 236 g/mol. The van der Waals surface area contributed by atoms with E-state index in [0.717, 1.165) is 0 Å². The lowest BCUT2D eigenvalue weighted by Crippen LogP contribution is -2.39. The predicted molar refractivity (Wildman–Crippen MR) is 57.1 cm³/mol. The molecule has 3 nitrogen and oxygen atoms in total. The third kappa shape index (κ3) is 1.12. The monoisotopic (exact) mass is 244 g/mol. The maximum atomic E-state index is 12.0. The van der Waals surface area contributed by atoms with E-state index in [9.17, 15) is 13.2 Å². The van der Waals surface area contributed by atoms with Crippen LogP contribution >= 0.6 is 11.6 Å². The van der Waals surface area contributed by atoms with Crippen molar-refractivity contribution in [2.24, 2.45) is 0 Å². The molecule has 1 aromatic carbocycles. The summed E-state index contributed by atoms with van der Waals surface area (Å²) < 4.78 is 22.6. The largest absolute Gasteiger partial charge is 0.292 e. The number of hydrogen-bond donors (Lipinski definition) is 0. The first kappa shape index (κ1) is 10.6. The quantitative estimate of drug-likeness (QED) is 0.706. The number of ketones is 1. The average molecular weight is 245 g/mol. The number of carbonyl (C=O) groups excluding carboxylic acids is 1. The highest BCUT2D eigenvalue weighted by molar-refractivity contribution is 7.94. The van der Waals surface area contributed by atoms with Gasteiger partial charge < -0.3 is 0 Å². The minimum absolute atomic E-state index is 0.0955. The number of halogens is 1. The normalized spacial score (nSPS) is 27.7. The van der Waals surface area contributed by atoms with Gasteiger partial charge in [0.15, 0.2) is 20.4 Å². The molecule has 1 aromatic rings. The molecular formula is C10H9ClO3S. The Morgan fingerprint density at radius 2 is 1.93 bits per heavy atom. The van der Waals surface area contributed by atoms with E-state index in [-0.39, 0.29) is 16.3 Å². The molecule has 0 aliphatic carbocycles. The van der Waals surface area contributed by atoms with Crippen LogP contribution in [0.5, 0.6) is 0 Å². The van der Waals surface area contributed by atoms with Crippen molar-refractivity contribution in [2.45, 2.75) is 16.6 Å². The van der Waals surface area contributed by atoms with Gasteiger partial charge in [0.25, 0.3) is 0 Å².